The number of benzene rings is 1. The molecule has 1 N–H and O–H groups in total. The van der Waals surface area contributed by atoms with Crippen LogP contribution in [0.4, 0.5) is 0 Å². The van der Waals surface area contributed by atoms with E-state index in [0.717, 1.165) is 21.4 Å². The van der Waals surface area contributed by atoms with Crippen LogP contribution in [0.15, 0.2) is 21.1 Å². The Hall–Kier alpha value is -0.0600. The van der Waals surface area contributed by atoms with Gasteiger partial charge in [0, 0.05) is 6.54 Å². The number of aromatic hydroxyl groups is 1. The molecule has 4 heteroatoms. The number of rotatable bonds is 4. The second-order valence-electron chi connectivity index (χ2n) is 5.77. The number of phenols is 1. The van der Waals surface area contributed by atoms with Crippen LogP contribution in [0.5, 0.6) is 5.75 Å². The third kappa shape index (κ3) is 4.47. The minimum atomic E-state index is 0.285. The largest absolute Gasteiger partial charge is 0.506 e. The Balaban J connectivity index is 1.96. The molecular formula is C16H23Br2NO. The normalized spacial score (nSPS) is 20.9. The van der Waals surface area contributed by atoms with Crippen molar-refractivity contribution in [3.05, 3.63) is 26.6 Å². The van der Waals surface area contributed by atoms with Gasteiger partial charge in [-0.25, -0.2) is 0 Å². The van der Waals surface area contributed by atoms with Crippen LogP contribution in [0.2, 0.25) is 0 Å². The summed E-state index contributed by atoms with van der Waals surface area (Å²) in [6, 6.07) is 4.04. The standard InChI is InChI=1S/C16H23Br2NO/c1-2-4-12-5-3-7-19(8-6-12)11-13-9-14(17)16(20)15(18)10-13/h9-10,12,20H,2-8,11H2,1H3. The SMILES string of the molecule is CCCC1CCCN(Cc2cc(Br)c(O)c(Br)c2)CC1. The summed E-state index contributed by atoms with van der Waals surface area (Å²) in [7, 11) is 0. The predicted molar refractivity (Wildman–Crippen MR) is 91.0 cm³/mol. The van der Waals surface area contributed by atoms with Gasteiger partial charge in [-0.3, -0.25) is 4.90 Å². The summed E-state index contributed by atoms with van der Waals surface area (Å²) in [6.07, 6.45) is 6.71. The van der Waals surface area contributed by atoms with Gasteiger partial charge in [-0.1, -0.05) is 19.8 Å². The van der Waals surface area contributed by atoms with Gasteiger partial charge in [0.05, 0.1) is 8.95 Å². The highest BCUT2D eigenvalue weighted by Gasteiger charge is 2.17. The Morgan fingerprint density at radius 1 is 1.20 bits per heavy atom. The Labute approximate surface area is 138 Å². The fourth-order valence-electron chi connectivity index (χ4n) is 3.05. The molecule has 0 aliphatic carbocycles. The van der Waals surface area contributed by atoms with Gasteiger partial charge in [0.25, 0.3) is 0 Å². The first kappa shape index (κ1) is 16.3. The molecule has 1 fully saturated rings. The summed E-state index contributed by atoms with van der Waals surface area (Å²) in [5, 5.41) is 9.77. The fraction of sp³-hybridized carbons (Fsp3) is 0.625. The monoisotopic (exact) mass is 403 g/mol. The lowest BCUT2D eigenvalue weighted by molar-refractivity contribution is 0.271. The van der Waals surface area contributed by atoms with E-state index in [1.54, 1.807) is 0 Å². The molecule has 1 aliphatic heterocycles. The van der Waals surface area contributed by atoms with Crippen molar-refractivity contribution in [1.82, 2.24) is 4.90 Å². The summed E-state index contributed by atoms with van der Waals surface area (Å²) in [6.45, 7) is 5.64. The fourth-order valence-corrected chi connectivity index (χ4v) is 4.33. The zero-order valence-electron chi connectivity index (χ0n) is 12.0. The van der Waals surface area contributed by atoms with Gasteiger partial charge in [0.1, 0.15) is 5.75 Å². The van der Waals surface area contributed by atoms with Crippen molar-refractivity contribution in [1.29, 1.82) is 0 Å². The van der Waals surface area contributed by atoms with E-state index in [4.69, 9.17) is 0 Å². The first-order valence-corrected chi connectivity index (χ1v) is 9.08. The van der Waals surface area contributed by atoms with Gasteiger partial charge >= 0.3 is 0 Å². The van der Waals surface area contributed by atoms with Gasteiger partial charge < -0.3 is 5.11 Å². The number of nitrogens with zero attached hydrogens (tertiary/aromatic N) is 1. The molecule has 0 spiro atoms. The maximum atomic E-state index is 9.77. The second kappa shape index (κ2) is 7.81. The van der Waals surface area contributed by atoms with Crippen LogP contribution in [0.3, 0.4) is 0 Å². The van der Waals surface area contributed by atoms with Crippen molar-refractivity contribution in [2.24, 2.45) is 5.92 Å². The lowest BCUT2D eigenvalue weighted by atomic mass is 9.96. The summed E-state index contributed by atoms with van der Waals surface area (Å²) in [4.78, 5) is 2.54. The molecule has 0 bridgehead atoms. The van der Waals surface area contributed by atoms with Gasteiger partial charge in [0.15, 0.2) is 0 Å². The van der Waals surface area contributed by atoms with Crippen LogP contribution >= 0.6 is 31.9 Å². The molecule has 1 aromatic carbocycles. The number of phenolic OH excluding ortho intramolecular Hbond substituents is 1. The van der Waals surface area contributed by atoms with Crippen molar-refractivity contribution in [2.75, 3.05) is 13.1 Å². The molecule has 1 aliphatic rings. The van der Waals surface area contributed by atoms with E-state index in [2.05, 4.69) is 43.7 Å². The molecule has 1 atom stereocenters. The summed E-state index contributed by atoms with van der Waals surface area (Å²) >= 11 is 6.82. The Kier molecular flexibility index (Phi) is 6.37. The van der Waals surface area contributed by atoms with E-state index in [1.807, 2.05) is 12.1 Å². The maximum absolute atomic E-state index is 9.77. The molecular weight excluding hydrogens is 382 g/mol. The van der Waals surface area contributed by atoms with E-state index >= 15 is 0 Å². The molecule has 1 heterocycles. The highest BCUT2D eigenvalue weighted by atomic mass is 79.9. The minimum absolute atomic E-state index is 0.285. The van der Waals surface area contributed by atoms with Gasteiger partial charge in [-0.15, -0.1) is 0 Å². The lowest BCUT2D eigenvalue weighted by Crippen LogP contribution is -2.24. The van der Waals surface area contributed by atoms with Crippen molar-refractivity contribution >= 4 is 31.9 Å². The average molecular weight is 405 g/mol. The van der Waals surface area contributed by atoms with Crippen LogP contribution in [-0.2, 0) is 6.54 Å². The lowest BCUT2D eigenvalue weighted by Gasteiger charge is -2.20. The van der Waals surface area contributed by atoms with Crippen LogP contribution in [0.1, 0.15) is 44.6 Å². The molecule has 1 unspecified atom stereocenters. The third-order valence-electron chi connectivity index (χ3n) is 4.12. The van der Waals surface area contributed by atoms with Gasteiger partial charge in [0.2, 0.25) is 0 Å². The first-order valence-electron chi connectivity index (χ1n) is 7.49. The summed E-state index contributed by atoms with van der Waals surface area (Å²) < 4.78 is 1.53. The van der Waals surface area contributed by atoms with E-state index in [0.29, 0.717) is 0 Å². The van der Waals surface area contributed by atoms with Gasteiger partial charge in [-0.2, -0.15) is 0 Å². The van der Waals surface area contributed by atoms with Crippen LogP contribution in [0.25, 0.3) is 0 Å². The first-order chi connectivity index (χ1) is 9.60. The molecule has 112 valence electrons. The average Bonchev–Trinajstić information content (AvgIpc) is 2.62. The van der Waals surface area contributed by atoms with E-state index < -0.39 is 0 Å². The van der Waals surface area contributed by atoms with Crippen LogP contribution in [0, 0.1) is 5.92 Å². The molecule has 0 radical (unpaired) electrons. The zero-order chi connectivity index (χ0) is 14.5. The number of hydrogen-bond acceptors (Lipinski definition) is 2. The van der Waals surface area contributed by atoms with Crippen molar-refractivity contribution in [2.45, 2.75) is 45.6 Å². The molecule has 1 saturated heterocycles. The Bertz CT molecular complexity index is 427. The molecule has 2 rings (SSSR count). The quantitative estimate of drug-likeness (QED) is 0.733. The van der Waals surface area contributed by atoms with Gasteiger partial charge in [-0.05, 0) is 87.8 Å². The topological polar surface area (TPSA) is 23.5 Å². The van der Waals surface area contributed by atoms with Crippen molar-refractivity contribution in [3.8, 4) is 5.75 Å². The molecule has 1 aromatic rings. The summed E-state index contributed by atoms with van der Waals surface area (Å²) in [5.74, 6) is 1.20. The Morgan fingerprint density at radius 3 is 2.55 bits per heavy atom. The predicted octanol–water partition coefficient (Wildman–Crippen LogP) is 5.32. The van der Waals surface area contributed by atoms with Crippen LogP contribution in [-0.4, -0.2) is 23.1 Å². The smallest absolute Gasteiger partial charge is 0.143 e. The minimum Gasteiger partial charge on any atom is -0.506 e. The molecule has 0 amide bonds. The van der Waals surface area contributed by atoms with Crippen molar-refractivity contribution in [3.63, 3.8) is 0 Å². The van der Waals surface area contributed by atoms with E-state index in [9.17, 15) is 5.11 Å². The number of hydrogen-bond donors (Lipinski definition) is 1. The highest BCUT2D eigenvalue weighted by molar-refractivity contribution is 9.11. The Morgan fingerprint density at radius 2 is 1.90 bits per heavy atom. The van der Waals surface area contributed by atoms with E-state index in [-0.39, 0.29) is 5.75 Å². The second-order valence-corrected chi connectivity index (χ2v) is 7.48. The molecule has 0 aromatic heterocycles. The van der Waals surface area contributed by atoms with Crippen molar-refractivity contribution < 1.29 is 5.11 Å². The zero-order valence-corrected chi connectivity index (χ0v) is 15.2. The molecule has 2 nitrogen and oxygen atoms in total. The van der Waals surface area contributed by atoms with E-state index in [1.165, 1.54) is 50.8 Å². The maximum Gasteiger partial charge on any atom is 0.143 e. The molecule has 0 saturated carbocycles. The highest BCUT2D eigenvalue weighted by Crippen LogP contribution is 2.34. The third-order valence-corrected chi connectivity index (χ3v) is 5.33. The van der Waals surface area contributed by atoms with Crippen LogP contribution < -0.4 is 0 Å². The number of halogens is 2. The molecule has 20 heavy (non-hydrogen) atoms. The summed E-state index contributed by atoms with van der Waals surface area (Å²) in [5.41, 5.74) is 1.25. The number of likely N-dealkylation sites (tertiary alicyclic amines) is 1.